The zero-order valence-electron chi connectivity index (χ0n) is 15.0. The number of piperidine rings is 1. The zero-order chi connectivity index (χ0) is 17.9. The van der Waals surface area contributed by atoms with Crippen molar-refractivity contribution in [3.05, 3.63) is 71.3 Å². The number of carbonyl (C=O) groups is 1. The SMILES string of the molecule is N#Cc1ccc(CC(=O)C2CC3CCC(C2)N3Cc2ccccc2)cc1. The lowest BCUT2D eigenvalue weighted by atomic mass is 9.85. The highest BCUT2D eigenvalue weighted by molar-refractivity contribution is 5.83. The van der Waals surface area contributed by atoms with Gasteiger partial charge in [0, 0.05) is 31.0 Å². The quantitative estimate of drug-likeness (QED) is 0.820. The standard InChI is InChI=1S/C23H24N2O/c24-15-18-8-6-17(7-9-18)12-23(26)20-13-21-10-11-22(14-20)25(21)16-19-4-2-1-3-5-19/h1-9,20-22H,10-14,16H2. The third-order valence-corrected chi connectivity index (χ3v) is 6.01. The fourth-order valence-electron chi connectivity index (χ4n) is 4.63. The first-order chi connectivity index (χ1) is 12.7. The van der Waals surface area contributed by atoms with Gasteiger partial charge in [0.25, 0.3) is 0 Å². The van der Waals surface area contributed by atoms with Crippen LogP contribution in [0.2, 0.25) is 0 Å². The minimum atomic E-state index is 0.190. The number of hydrogen-bond acceptors (Lipinski definition) is 3. The highest BCUT2D eigenvalue weighted by Gasteiger charge is 2.42. The first-order valence-electron chi connectivity index (χ1n) is 9.54. The molecule has 26 heavy (non-hydrogen) atoms. The maximum atomic E-state index is 12.8. The van der Waals surface area contributed by atoms with Crippen LogP contribution in [-0.2, 0) is 17.8 Å². The van der Waals surface area contributed by atoms with Gasteiger partial charge in [-0.15, -0.1) is 0 Å². The third-order valence-electron chi connectivity index (χ3n) is 6.01. The number of rotatable bonds is 5. The molecule has 0 aliphatic carbocycles. The molecule has 2 aliphatic heterocycles. The number of fused-ring (bicyclic) bond motifs is 2. The Balaban J connectivity index is 1.38. The molecule has 2 aliphatic rings. The van der Waals surface area contributed by atoms with E-state index < -0.39 is 0 Å². The maximum absolute atomic E-state index is 12.8. The average Bonchev–Trinajstić information content (AvgIpc) is 2.91. The van der Waals surface area contributed by atoms with Gasteiger partial charge in [0.05, 0.1) is 11.6 Å². The van der Waals surface area contributed by atoms with Crippen LogP contribution in [0.4, 0.5) is 0 Å². The predicted molar refractivity (Wildman–Crippen MR) is 101 cm³/mol. The summed E-state index contributed by atoms with van der Waals surface area (Å²) < 4.78 is 0. The van der Waals surface area contributed by atoms with Gasteiger partial charge in [-0.25, -0.2) is 0 Å². The maximum Gasteiger partial charge on any atom is 0.140 e. The fraction of sp³-hybridized carbons (Fsp3) is 0.391. The minimum absolute atomic E-state index is 0.190. The Hall–Kier alpha value is -2.44. The fourth-order valence-corrected chi connectivity index (χ4v) is 4.63. The summed E-state index contributed by atoms with van der Waals surface area (Å²) in [4.78, 5) is 15.4. The summed E-state index contributed by atoms with van der Waals surface area (Å²) in [6.45, 7) is 1.01. The van der Waals surface area contributed by atoms with Gasteiger partial charge in [0.15, 0.2) is 0 Å². The Morgan fingerprint density at radius 3 is 2.23 bits per heavy atom. The molecule has 2 saturated heterocycles. The number of hydrogen-bond donors (Lipinski definition) is 0. The normalized spacial score (nSPS) is 25.0. The summed E-state index contributed by atoms with van der Waals surface area (Å²) in [7, 11) is 0. The highest BCUT2D eigenvalue weighted by atomic mass is 16.1. The van der Waals surface area contributed by atoms with Gasteiger partial charge in [-0.1, -0.05) is 42.5 Å². The lowest BCUT2D eigenvalue weighted by Gasteiger charge is -2.38. The summed E-state index contributed by atoms with van der Waals surface area (Å²) in [6.07, 6.45) is 4.93. The Morgan fingerprint density at radius 1 is 0.962 bits per heavy atom. The second-order valence-corrected chi connectivity index (χ2v) is 7.66. The number of Topliss-reactive ketones (excluding diaryl/α,β-unsaturated/α-hetero) is 1. The second kappa shape index (κ2) is 7.43. The molecule has 2 fully saturated rings. The van der Waals surface area contributed by atoms with Gasteiger partial charge in [-0.2, -0.15) is 5.26 Å². The molecule has 2 aromatic rings. The number of nitrogens with zero attached hydrogens (tertiary/aromatic N) is 2. The van der Waals surface area contributed by atoms with Crippen LogP contribution in [0.1, 0.15) is 42.4 Å². The summed E-state index contributed by atoms with van der Waals surface area (Å²) in [5, 5.41) is 8.89. The van der Waals surface area contributed by atoms with E-state index >= 15 is 0 Å². The molecule has 2 heterocycles. The van der Waals surface area contributed by atoms with Gasteiger partial charge < -0.3 is 0 Å². The van der Waals surface area contributed by atoms with Crippen molar-refractivity contribution in [2.24, 2.45) is 5.92 Å². The van der Waals surface area contributed by atoms with Crippen molar-refractivity contribution >= 4 is 5.78 Å². The molecule has 0 saturated carbocycles. The van der Waals surface area contributed by atoms with Crippen LogP contribution in [-0.4, -0.2) is 22.8 Å². The van der Waals surface area contributed by atoms with E-state index in [1.165, 1.54) is 18.4 Å². The zero-order valence-corrected chi connectivity index (χ0v) is 15.0. The first kappa shape index (κ1) is 17.0. The van der Waals surface area contributed by atoms with E-state index in [1.54, 1.807) is 12.1 Å². The van der Waals surface area contributed by atoms with Crippen LogP contribution in [0.5, 0.6) is 0 Å². The molecule has 2 unspecified atom stereocenters. The van der Waals surface area contributed by atoms with Gasteiger partial charge in [0.1, 0.15) is 5.78 Å². The van der Waals surface area contributed by atoms with Crippen molar-refractivity contribution in [3.63, 3.8) is 0 Å². The number of ketones is 1. The van der Waals surface area contributed by atoms with Crippen molar-refractivity contribution in [2.45, 2.75) is 50.7 Å². The lowest BCUT2D eigenvalue weighted by molar-refractivity contribution is -0.124. The van der Waals surface area contributed by atoms with Gasteiger partial charge in [0.2, 0.25) is 0 Å². The van der Waals surface area contributed by atoms with E-state index in [4.69, 9.17) is 5.26 Å². The van der Waals surface area contributed by atoms with E-state index in [0.717, 1.165) is 24.9 Å². The van der Waals surface area contributed by atoms with Crippen molar-refractivity contribution in [3.8, 4) is 6.07 Å². The van der Waals surface area contributed by atoms with Gasteiger partial charge in [-0.3, -0.25) is 9.69 Å². The van der Waals surface area contributed by atoms with E-state index in [2.05, 4.69) is 41.3 Å². The van der Waals surface area contributed by atoms with Crippen molar-refractivity contribution in [1.82, 2.24) is 4.90 Å². The highest BCUT2D eigenvalue weighted by Crippen LogP contribution is 2.40. The molecule has 0 spiro atoms. The van der Waals surface area contributed by atoms with Crippen molar-refractivity contribution < 1.29 is 4.79 Å². The third kappa shape index (κ3) is 3.57. The number of nitriles is 1. The smallest absolute Gasteiger partial charge is 0.140 e. The molecule has 0 N–H and O–H groups in total. The van der Waals surface area contributed by atoms with Crippen LogP contribution in [0.15, 0.2) is 54.6 Å². The minimum Gasteiger partial charge on any atom is -0.299 e. The molecule has 0 amide bonds. The molecule has 0 aromatic heterocycles. The summed E-state index contributed by atoms with van der Waals surface area (Å²) in [5.74, 6) is 0.557. The molecule has 4 rings (SSSR count). The Labute approximate surface area is 155 Å². The van der Waals surface area contributed by atoms with Crippen LogP contribution in [0, 0.1) is 17.2 Å². The molecule has 3 heteroatoms. The van der Waals surface area contributed by atoms with Gasteiger partial charge >= 0.3 is 0 Å². The molecule has 132 valence electrons. The van der Waals surface area contributed by atoms with Crippen LogP contribution in [0.3, 0.4) is 0 Å². The molecule has 2 atom stereocenters. The van der Waals surface area contributed by atoms with E-state index in [1.807, 2.05) is 12.1 Å². The number of carbonyl (C=O) groups excluding carboxylic acids is 1. The topological polar surface area (TPSA) is 44.1 Å². The first-order valence-corrected chi connectivity index (χ1v) is 9.54. The van der Waals surface area contributed by atoms with E-state index in [0.29, 0.717) is 29.9 Å². The van der Waals surface area contributed by atoms with Gasteiger partial charge in [-0.05, 0) is 48.9 Å². The number of benzene rings is 2. The summed E-state index contributed by atoms with van der Waals surface area (Å²) >= 11 is 0. The molecule has 3 nitrogen and oxygen atoms in total. The molecule has 2 aromatic carbocycles. The Bertz CT molecular complexity index is 792. The van der Waals surface area contributed by atoms with Crippen molar-refractivity contribution in [2.75, 3.05) is 0 Å². The largest absolute Gasteiger partial charge is 0.299 e. The van der Waals surface area contributed by atoms with Crippen LogP contribution in [0.25, 0.3) is 0 Å². The monoisotopic (exact) mass is 344 g/mol. The molecular formula is C23H24N2O. The molecular weight excluding hydrogens is 320 g/mol. The summed E-state index contributed by atoms with van der Waals surface area (Å²) in [6, 6.07) is 21.3. The van der Waals surface area contributed by atoms with Crippen LogP contribution >= 0.6 is 0 Å². The molecule has 0 radical (unpaired) electrons. The van der Waals surface area contributed by atoms with Crippen molar-refractivity contribution in [1.29, 1.82) is 5.26 Å². The van der Waals surface area contributed by atoms with E-state index in [-0.39, 0.29) is 5.92 Å². The Kier molecular flexibility index (Phi) is 4.86. The predicted octanol–water partition coefficient (Wildman–Crippen LogP) is 4.11. The second-order valence-electron chi connectivity index (χ2n) is 7.66. The lowest BCUT2D eigenvalue weighted by Crippen LogP contribution is -2.44. The summed E-state index contributed by atoms with van der Waals surface area (Å²) in [5.41, 5.74) is 3.04. The molecule has 2 bridgehead atoms. The van der Waals surface area contributed by atoms with Crippen LogP contribution < -0.4 is 0 Å². The Morgan fingerprint density at radius 2 is 1.62 bits per heavy atom. The average molecular weight is 344 g/mol. The van der Waals surface area contributed by atoms with E-state index in [9.17, 15) is 4.79 Å².